The number of rotatable bonds is 5. The Kier molecular flexibility index (Phi) is 6.11. The van der Waals surface area contributed by atoms with Crippen LogP contribution in [0.5, 0.6) is 0 Å². The van der Waals surface area contributed by atoms with E-state index in [0.29, 0.717) is 24.3 Å². The molecular formula is C25H31N5OS. The Morgan fingerprint density at radius 3 is 2.62 bits per heavy atom. The molecule has 2 aromatic heterocycles. The molecule has 168 valence electrons. The van der Waals surface area contributed by atoms with Gasteiger partial charge in [-0.25, -0.2) is 9.97 Å². The van der Waals surface area contributed by atoms with Crippen molar-refractivity contribution in [2.45, 2.75) is 31.7 Å². The molecule has 6 nitrogen and oxygen atoms in total. The molecule has 0 bridgehead atoms. The minimum absolute atomic E-state index is 0.303. The molecule has 3 aromatic rings. The molecule has 1 unspecified atom stereocenters. The second-order valence-electron chi connectivity index (χ2n) is 9.24. The molecule has 0 N–H and O–H groups in total. The Bertz CT molecular complexity index is 1080. The summed E-state index contributed by atoms with van der Waals surface area (Å²) in [6.07, 6.45) is 5.50. The maximum atomic E-state index is 12.9. The number of hydrogen-bond donors (Lipinski definition) is 0. The lowest BCUT2D eigenvalue weighted by Gasteiger charge is -2.34. The smallest absolute Gasteiger partial charge is 0.222 e. The van der Waals surface area contributed by atoms with Crippen molar-refractivity contribution >= 4 is 33.3 Å². The highest BCUT2D eigenvalue weighted by molar-refractivity contribution is 7.17. The van der Waals surface area contributed by atoms with E-state index in [1.807, 2.05) is 18.0 Å². The van der Waals surface area contributed by atoms with Gasteiger partial charge in [0.25, 0.3) is 0 Å². The third kappa shape index (κ3) is 4.24. The summed E-state index contributed by atoms with van der Waals surface area (Å²) in [5.41, 5.74) is 2.41. The first kappa shape index (κ1) is 21.3. The molecule has 32 heavy (non-hydrogen) atoms. The van der Waals surface area contributed by atoms with E-state index in [4.69, 9.17) is 4.98 Å². The summed E-state index contributed by atoms with van der Waals surface area (Å²) in [5.74, 6) is 1.79. The van der Waals surface area contributed by atoms with E-state index in [9.17, 15) is 4.79 Å². The lowest BCUT2D eigenvalue weighted by Crippen LogP contribution is -2.41. The molecule has 2 aliphatic heterocycles. The predicted octanol–water partition coefficient (Wildman–Crippen LogP) is 4.13. The molecule has 5 rings (SSSR count). The van der Waals surface area contributed by atoms with Gasteiger partial charge in [-0.3, -0.25) is 4.79 Å². The number of aromatic nitrogens is 2. The van der Waals surface area contributed by atoms with Crippen LogP contribution in [0, 0.1) is 5.92 Å². The molecule has 1 aromatic carbocycles. The largest absolute Gasteiger partial charge is 0.356 e. The fourth-order valence-corrected chi connectivity index (χ4v) is 6.01. The lowest BCUT2D eigenvalue weighted by atomic mass is 9.92. The third-order valence-electron chi connectivity index (χ3n) is 7.12. The van der Waals surface area contributed by atoms with Crippen molar-refractivity contribution in [3.8, 4) is 11.1 Å². The van der Waals surface area contributed by atoms with E-state index >= 15 is 0 Å². The molecule has 0 radical (unpaired) electrons. The molecule has 1 amide bonds. The number of fused-ring (bicyclic) bond motifs is 1. The number of hydrogen-bond acceptors (Lipinski definition) is 6. The van der Waals surface area contributed by atoms with E-state index < -0.39 is 0 Å². The van der Waals surface area contributed by atoms with E-state index in [2.05, 4.69) is 51.5 Å². The van der Waals surface area contributed by atoms with Crippen molar-refractivity contribution in [3.63, 3.8) is 0 Å². The molecule has 4 heterocycles. The Morgan fingerprint density at radius 1 is 1.12 bits per heavy atom. The second-order valence-corrected chi connectivity index (χ2v) is 10.1. The van der Waals surface area contributed by atoms with Gasteiger partial charge in [0.2, 0.25) is 5.91 Å². The van der Waals surface area contributed by atoms with Crippen molar-refractivity contribution in [1.29, 1.82) is 0 Å². The molecule has 2 aliphatic rings. The zero-order valence-corrected chi connectivity index (χ0v) is 19.7. The van der Waals surface area contributed by atoms with E-state index in [0.717, 1.165) is 61.5 Å². The Hall–Kier alpha value is -2.51. The van der Waals surface area contributed by atoms with E-state index in [1.54, 1.807) is 17.7 Å². The number of nitrogens with zero attached hydrogens (tertiary/aromatic N) is 5. The van der Waals surface area contributed by atoms with Gasteiger partial charge in [0.1, 0.15) is 17.0 Å². The normalized spacial score (nSPS) is 20.2. The fourth-order valence-electron chi connectivity index (χ4n) is 5.10. The van der Waals surface area contributed by atoms with Crippen LogP contribution in [0.3, 0.4) is 0 Å². The van der Waals surface area contributed by atoms with Gasteiger partial charge in [0.05, 0.1) is 5.39 Å². The summed E-state index contributed by atoms with van der Waals surface area (Å²) in [5, 5.41) is 3.35. The number of likely N-dealkylation sites (N-methyl/N-ethyl adjacent to an activating group) is 2. The van der Waals surface area contributed by atoms with Gasteiger partial charge in [-0.1, -0.05) is 30.3 Å². The van der Waals surface area contributed by atoms with E-state index in [-0.39, 0.29) is 0 Å². The van der Waals surface area contributed by atoms with Gasteiger partial charge < -0.3 is 14.7 Å². The molecular weight excluding hydrogens is 418 g/mol. The number of thiophene rings is 1. The van der Waals surface area contributed by atoms with Gasteiger partial charge in [-0.2, -0.15) is 0 Å². The van der Waals surface area contributed by atoms with Crippen LogP contribution < -0.4 is 4.90 Å². The maximum Gasteiger partial charge on any atom is 0.222 e. The van der Waals surface area contributed by atoms with Crippen LogP contribution in [0.4, 0.5) is 5.82 Å². The van der Waals surface area contributed by atoms with Crippen molar-refractivity contribution in [3.05, 3.63) is 42.0 Å². The Labute approximate surface area is 193 Å². The van der Waals surface area contributed by atoms with Crippen LogP contribution in [0.2, 0.25) is 0 Å². The van der Waals surface area contributed by atoms with Gasteiger partial charge in [-0.15, -0.1) is 11.3 Å². The summed E-state index contributed by atoms with van der Waals surface area (Å²) in [6, 6.07) is 10.9. The second kappa shape index (κ2) is 9.16. The monoisotopic (exact) mass is 449 g/mol. The average molecular weight is 450 g/mol. The van der Waals surface area contributed by atoms with Crippen molar-refractivity contribution < 1.29 is 4.79 Å². The number of carbonyl (C=O) groups is 1. The van der Waals surface area contributed by atoms with Crippen LogP contribution in [0.1, 0.15) is 25.7 Å². The number of likely N-dealkylation sites (tertiary alicyclic amines) is 1. The molecule has 1 atom stereocenters. The highest BCUT2D eigenvalue weighted by atomic mass is 32.1. The molecule has 0 saturated carbocycles. The summed E-state index contributed by atoms with van der Waals surface area (Å²) in [7, 11) is 4.12. The number of carbonyl (C=O) groups excluding carboxylic acids is 1. The maximum absolute atomic E-state index is 12.9. The zero-order chi connectivity index (χ0) is 22.1. The SMILES string of the molecule is CN1CCC(N(C)C(=O)CC2CCN(c3ncnc4scc(-c5ccccc5)c34)CC2)C1. The molecule has 2 saturated heterocycles. The van der Waals surface area contributed by atoms with Crippen LogP contribution in [0.25, 0.3) is 21.3 Å². The summed E-state index contributed by atoms with van der Waals surface area (Å²) in [4.78, 5) is 29.8. The number of anilines is 1. The highest BCUT2D eigenvalue weighted by Crippen LogP contribution is 2.39. The van der Waals surface area contributed by atoms with Gasteiger partial charge >= 0.3 is 0 Å². The van der Waals surface area contributed by atoms with E-state index in [1.165, 1.54) is 11.1 Å². The lowest BCUT2D eigenvalue weighted by molar-refractivity contribution is -0.132. The number of amides is 1. The topological polar surface area (TPSA) is 52.6 Å². The minimum Gasteiger partial charge on any atom is -0.356 e. The van der Waals surface area contributed by atoms with Crippen LogP contribution in [0.15, 0.2) is 42.0 Å². The fraction of sp³-hybridized carbons (Fsp3) is 0.480. The van der Waals surface area contributed by atoms with Crippen molar-refractivity contribution in [2.24, 2.45) is 5.92 Å². The first-order chi connectivity index (χ1) is 15.6. The Balaban J connectivity index is 1.27. The van der Waals surface area contributed by atoms with Gasteiger partial charge in [0, 0.05) is 50.1 Å². The molecule has 0 aliphatic carbocycles. The van der Waals surface area contributed by atoms with Gasteiger partial charge in [-0.05, 0) is 44.3 Å². The molecule has 2 fully saturated rings. The van der Waals surface area contributed by atoms with Gasteiger partial charge in [0.15, 0.2) is 0 Å². The Morgan fingerprint density at radius 2 is 1.91 bits per heavy atom. The van der Waals surface area contributed by atoms with Crippen LogP contribution in [-0.4, -0.2) is 72.0 Å². The predicted molar refractivity (Wildman–Crippen MR) is 131 cm³/mol. The molecule has 0 spiro atoms. The summed E-state index contributed by atoms with van der Waals surface area (Å²) >= 11 is 1.68. The zero-order valence-electron chi connectivity index (χ0n) is 18.9. The number of benzene rings is 1. The first-order valence-corrected chi connectivity index (χ1v) is 12.4. The summed E-state index contributed by atoms with van der Waals surface area (Å²) < 4.78 is 0. The average Bonchev–Trinajstić information content (AvgIpc) is 3.46. The van der Waals surface area contributed by atoms with Crippen molar-refractivity contribution in [2.75, 3.05) is 45.2 Å². The molecule has 7 heteroatoms. The summed E-state index contributed by atoms with van der Waals surface area (Å²) in [6.45, 7) is 3.95. The highest BCUT2D eigenvalue weighted by Gasteiger charge is 2.29. The number of piperidine rings is 1. The standard InChI is InChI=1S/C25H31N5OS/c1-28-11-10-20(15-28)29(2)22(31)14-18-8-12-30(13-9-18)24-23-21(19-6-4-3-5-7-19)16-32-25(23)27-17-26-24/h3-7,16-18,20H,8-15H2,1-2H3. The third-order valence-corrected chi connectivity index (χ3v) is 8.01. The minimum atomic E-state index is 0.303. The van der Waals surface area contributed by atoms with Crippen LogP contribution >= 0.6 is 11.3 Å². The van der Waals surface area contributed by atoms with Crippen molar-refractivity contribution in [1.82, 2.24) is 19.8 Å². The quantitative estimate of drug-likeness (QED) is 0.586. The van der Waals surface area contributed by atoms with Crippen LogP contribution in [-0.2, 0) is 4.79 Å². The first-order valence-electron chi connectivity index (χ1n) is 11.6.